The number of carbonyl (C=O) groups excluding carboxylic acids is 3. The van der Waals surface area contributed by atoms with E-state index in [2.05, 4.69) is 10.4 Å². The second-order valence-corrected chi connectivity index (χ2v) is 8.35. The van der Waals surface area contributed by atoms with Crippen LogP contribution in [0.3, 0.4) is 0 Å². The SMILES string of the molecule is CCN1C(=O)c2cc(C(=O)N3CCCC3)nn2CC1(C)C(=O)NC1CCCC1. The molecule has 0 bridgehead atoms. The van der Waals surface area contributed by atoms with Gasteiger partial charge in [0.15, 0.2) is 5.69 Å². The van der Waals surface area contributed by atoms with Crippen LogP contribution in [0.4, 0.5) is 0 Å². The van der Waals surface area contributed by atoms with Gasteiger partial charge in [-0.1, -0.05) is 12.8 Å². The van der Waals surface area contributed by atoms with Crippen molar-refractivity contribution in [3.05, 3.63) is 17.5 Å². The molecule has 3 amide bonds. The Balaban J connectivity index is 1.60. The second kappa shape index (κ2) is 7.22. The lowest BCUT2D eigenvalue weighted by Crippen LogP contribution is -2.64. The maximum Gasteiger partial charge on any atom is 0.274 e. The van der Waals surface area contributed by atoms with E-state index in [1.807, 2.05) is 6.92 Å². The number of nitrogens with zero attached hydrogens (tertiary/aromatic N) is 4. The molecule has 8 nitrogen and oxygen atoms in total. The lowest BCUT2D eigenvalue weighted by molar-refractivity contribution is -0.133. The van der Waals surface area contributed by atoms with Gasteiger partial charge in [0.2, 0.25) is 5.91 Å². The highest BCUT2D eigenvalue weighted by Crippen LogP contribution is 2.29. The topological polar surface area (TPSA) is 87.5 Å². The molecule has 8 heteroatoms. The smallest absolute Gasteiger partial charge is 0.274 e. The van der Waals surface area contributed by atoms with Crippen molar-refractivity contribution in [1.82, 2.24) is 24.9 Å². The summed E-state index contributed by atoms with van der Waals surface area (Å²) in [6.45, 7) is 5.82. The summed E-state index contributed by atoms with van der Waals surface area (Å²) in [4.78, 5) is 42.3. The average Bonchev–Trinajstić information content (AvgIpc) is 3.42. The zero-order valence-corrected chi connectivity index (χ0v) is 16.7. The van der Waals surface area contributed by atoms with E-state index in [9.17, 15) is 14.4 Å². The standard InChI is InChI=1S/C20H29N5O3/c1-3-24-18(27)16-12-15(17(26)23-10-6-7-11-23)22-25(16)13-20(24,2)19(28)21-14-8-4-5-9-14/h12,14H,3-11,13H2,1-2H3,(H,21,28). The van der Waals surface area contributed by atoms with Gasteiger partial charge in [-0.25, -0.2) is 0 Å². The minimum absolute atomic E-state index is 0.132. The zero-order chi connectivity index (χ0) is 19.9. The molecule has 3 heterocycles. The Kier molecular flexibility index (Phi) is 4.89. The number of nitrogens with one attached hydrogen (secondary N) is 1. The number of hydrogen-bond donors (Lipinski definition) is 1. The summed E-state index contributed by atoms with van der Waals surface area (Å²) in [5.74, 6) is -0.513. The van der Waals surface area contributed by atoms with Gasteiger partial charge >= 0.3 is 0 Å². The normalized spacial score (nSPS) is 25.3. The van der Waals surface area contributed by atoms with Crippen molar-refractivity contribution in [3.63, 3.8) is 0 Å². The summed E-state index contributed by atoms with van der Waals surface area (Å²) in [7, 11) is 0. The van der Waals surface area contributed by atoms with E-state index in [1.165, 1.54) is 0 Å². The molecule has 28 heavy (non-hydrogen) atoms. The van der Waals surface area contributed by atoms with Gasteiger partial charge in [0.25, 0.3) is 11.8 Å². The number of fused-ring (bicyclic) bond motifs is 1. The first-order chi connectivity index (χ1) is 13.4. The lowest BCUT2D eigenvalue weighted by Gasteiger charge is -2.43. The van der Waals surface area contributed by atoms with Gasteiger partial charge in [0, 0.05) is 31.7 Å². The number of likely N-dealkylation sites (tertiary alicyclic amines) is 1. The molecule has 1 saturated heterocycles. The first kappa shape index (κ1) is 19.0. The fourth-order valence-corrected chi connectivity index (χ4v) is 4.73. The van der Waals surface area contributed by atoms with Gasteiger partial charge in [-0.15, -0.1) is 0 Å². The number of carbonyl (C=O) groups is 3. The maximum absolute atomic E-state index is 13.1. The number of rotatable bonds is 4. The Morgan fingerprint density at radius 2 is 1.89 bits per heavy atom. The van der Waals surface area contributed by atoms with Crippen LogP contribution in [0.2, 0.25) is 0 Å². The van der Waals surface area contributed by atoms with Crippen LogP contribution in [-0.4, -0.2) is 68.5 Å². The van der Waals surface area contributed by atoms with E-state index in [4.69, 9.17) is 0 Å². The molecule has 0 aromatic carbocycles. The zero-order valence-electron chi connectivity index (χ0n) is 16.7. The number of aromatic nitrogens is 2. The summed E-state index contributed by atoms with van der Waals surface area (Å²) < 4.78 is 1.55. The first-order valence-electron chi connectivity index (χ1n) is 10.4. The highest BCUT2D eigenvalue weighted by Gasteiger charge is 2.48. The second-order valence-electron chi connectivity index (χ2n) is 8.35. The molecule has 152 valence electrons. The quantitative estimate of drug-likeness (QED) is 0.846. The molecule has 1 aromatic heterocycles. The molecular formula is C20H29N5O3. The fourth-order valence-electron chi connectivity index (χ4n) is 4.73. The van der Waals surface area contributed by atoms with Gasteiger partial charge in [-0.3, -0.25) is 19.1 Å². The molecular weight excluding hydrogens is 358 g/mol. The van der Waals surface area contributed by atoms with E-state index in [-0.39, 0.29) is 30.3 Å². The van der Waals surface area contributed by atoms with Crippen molar-refractivity contribution in [3.8, 4) is 0 Å². The Morgan fingerprint density at radius 3 is 2.54 bits per heavy atom. The highest BCUT2D eigenvalue weighted by atomic mass is 16.2. The van der Waals surface area contributed by atoms with Gasteiger partial charge in [0.1, 0.15) is 11.2 Å². The molecule has 1 saturated carbocycles. The van der Waals surface area contributed by atoms with Gasteiger partial charge in [-0.2, -0.15) is 5.10 Å². The largest absolute Gasteiger partial charge is 0.351 e. The third-order valence-corrected chi connectivity index (χ3v) is 6.41. The fraction of sp³-hybridized carbons (Fsp3) is 0.700. The van der Waals surface area contributed by atoms with E-state index in [0.29, 0.717) is 17.9 Å². The van der Waals surface area contributed by atoms with Crippen molar-refractivity contribution < 1.29 is 14.4 Å². The minimum Gasteiger partial charge on any atom is -0.351 e. The van der Waals surface area contributed by atoms with Crippen LogP contribution in [0.5, 0.6) is 0 Å². The lowest BCUT2D eigenvalue weighted by atomic mass is 9.94. The summed E-state index contributed by atoms with van der Waals surface area (Å²) in [6, 6.07) is 1.77. The van der Waals surface area contributed by atoms with Crippen LogP contribution in [0, 0.1) is 0 Å². The number of likely N-dealkylation sites (N-methyl/N-ethyl adjacent to an activating group) is 1. The maximum atomic E-state index is 13.1. The molecule has 3 aliphatic rings. The molecule has 1 atom stereocenters. The molecule has 1 aromatic rings. The van der Waals surface area contributed by atoms with Crippen LogP contribution < -0.4 is 5.32 Å². The van der Waals surface area contributed by atoms with Crippen molar-refractivity contribution in [2.45, 2.75) is 70.5 Å². The van der Waals surface area contributed by atoms with Crippen LogP contribution in [0.15, 0.2) is 6.07 Å². The van der Waals surface area contributed by atoms with Gasteiger partial charge in [-0.05, 0) is 39.5 Å². The molecule has 2 aliphatic heterocycles. The van der Waals surface area contributed by atoms with Crippen LogP contribution in [-0.2, 0) is 11.3 Å². The Morgan fingerprint density at radius 1 is 1.21 bits per heavy atom. The van der Waals surface area contributed by atoms with Gasteiger partial charge < -0.3 is 15.1 Å². The predicted octanol–water partition coefficient (Wildman–Crippen LogP) is 1.41. The summed E-state index contributed by atoms with van der Waals surface area (Å²) in [5, 5.41) is 7.55. The molecule has 4 rings (SSSR count). The monoisotopic (exact) mass is 387 g/mol. The Labute approximate surface area is 165 Å². The third kappa shape index (κ3) is 3.08. The highest BCUT2D eigenvalue weighted by molar-refractivity contribution is 6.02. The molecule has 2 fully saturated rings. The van der Waals surface area contributed by atoms with E-state index in [0.717, 1.165) is 51.6 Å². The van der Waals surface area contributed by atoms with E-state index < -0.39 is 5.54 Å². The van der Waals surface area contributed by atoms with Crippen molar-refractivity contribution in [1.29, 1.82) is 0 Å². The van der Waals surface area contributed by atoms with Crippen molar-refractivity contribution in [2.75, 3.05) is 19.6 Å². The van der Waals surface area contributed by atoms with Crippen LogP contribution in [0.1, 0.15) is 73.3 Å². The Hall–Kier alpha value is -2.38. The van der Waals surface area contributed by atoms with Crippen LogP contribution in [0.25, 0.3) is 0 Å². The average molecular weight is 387 g/mol. The molecule has 0 spiro atoms. The van der Waals surface area contributed by atoms with Crippen LogP contribution >= 0.6 is 0 Å². The summed E-state index contributed by atoms with van der Waals surface area (Å²) in [6.07, 6.45) is 6.24. The number of hydrogen-bond acceptors (Lipinski definition) is 4. The third-order valence-electron chi connectivity index (χ3n) is 6.41. The van der Waals surface area contributed by atoms with E-state index >= 15 is 0 Å². The molecule has 0 radical (unpaired) electrons. The summed E-state index contributed by atoms with van der Waals surface area (Å²) in [5.41, 5.74) is -0.334. The summed E-state index contributed by atoms with van der Waals surface area (Å²) >= 11 is 0. The molecule has 1 aliphatic carbocycles. The molecule has 1 N–H and O–H groups in total. The predicted molar refractivity (Wildman–Crippen MR) is 103 cm³/mol. The van der Waals surface area contributed by atoms with Crippen molar-refractivity contribution in [2.24, 2.45) is 0 Å². The van der Waals surface area contributed by atoms with Gasteiger partial charge in [0.05, 0.1) is 6.54 Å². The first-order valence-corrected chi connectivity index (χ1v) is 10.4. The Bertz CT molecular complexity index is 792. The van der Waals surface area contributed by atoms with Crippen molar-refractivity contribution >= 4 is 17.7 Å². The molecule has 1 unspecified atom stereocenters. The van der Waals surface area contributed by atoms with E-state index in [1.54, 1.807) is 27.5 Å². The minimum atomic E-state index is -1.01. The number of amides is 3.